The van der Waals surface area contributed by atoms with Gasteiger partial charge in [0.05, 0.1) is 12.1 Å². The average Bonchev–Trinajstić information content (AvgIpc) is 2.37. The second kappa shape index (κ2) is 5.63. The maximum atomic E-state index is 13.8. The maximum Gasteiger partial charge on any atom is 0.257 e. The van der Waals surface area contributed by atoms with Crippen LogP contribution in [0, 0.1) is 18.6 Å². The van der Waals surface area contributed by atoms with Gasteiger partial charge in [-0.2, -0.15) is 0 Å². The average molecular weight is 270 g/mol. The summed E-state index contributed by atoms with van der Waals surface area (Å²) in [6.45, 7) is 2.45. The topological polar surface area (TPSA) is 61.4 Å². The highest BCUT2D eigenvalue weighted by Crippen LogP contribution is 2.17. The van der Waals surface area contributed by atoms with E-state index in [1.54, 1.807) is 0 Å². The third kappa shape index (κ3) is 2.90. The van der Waals surface area contributed by atoms with Crippen molar-refractivity contribution in [2.75, 3.05) is 13.1 Å². The number of nitrogens with one attached hydrogen (secondary N) is 2. The van der Waals surface area contributed by atoms with Gasteiger partial charge in [0.1, 0.15) is 17.2 Å². The van der Waals surface area contributed by atoms with Crippen LogP contribution >= 0.6 is 0 Å². The fraction of sp³-hybridized carbons (Fsp3) is 0.462. The molecule has 0 unspecified atom stereocenters. The highest BCUT2D eigenvalue weighted by Gasteiger charge is 2.27. The predicted octanol–water partition coefficient (Wildman–Crippen LogP) is 0.726. The molecule has 1 aromatic rings. The first-order valence-electron chi connectivity index (χ1n) is 6.15. The molecule has 1 fully saturated rings. The van der Waals surface area contributed by atoms with E-state index in [-0.39, 0.29) is 5.56 Å². The maximum absolute atomic E-state index is 13.8. The van der Waals surface area contributed by atoms with Crippen LogP contribution in [-0.2, 0) is 0 Å². The lowest BCUT2D eigenvalue weighted by atomic mass is 10.0. The Labute approximate surface area is 109 Å². The minimum atomic E-state index is -0.899. The van der Waals surface area contributed by atoms with Crippen molar-refractivity contribution in [3.05, 3.63) is 34.9 Å². The number of halogens is 2. The third-order valence-corrected chi connectivity index (χ3v) is 3.28. The molecule has 3 N–H and O–H groups in total. The van der Waals surface area contributed by atoms with E-state index < -0.39 is 35.3 Å². The van der Waals surface area contributed by atoms with Gasteiger partial charge < -0.3 is 15.7 Å². The first-order valence-corrected chi connectivity index (χ1v) is 6.15. The van der Waals surface area contributed by atoms with Gasteiger partial charge >= 0.3 is 0 Å². The number of piperidine rings is 1. The van der Waals surface area contributed by atoms with Crippen molar-refractivity contribution in [2.45, 2.75) is 25.5 Å². The summed E-state index contributed by atoms with van der Waals surface area (Å²) in [6, 6.07) is 1.85. The minimum absolute atomic E-state index is 0.206. The third-order valence-electron chi connectivity index (χ3n) is 3.28. The summed E-state index contributed by atoms with van der Waals surface area (Å²) < 4.78 is 27.3. The number of aliphatic hydroxyl groups excluding tert-OH is 1. The standard InChI is InChI=1S/C13H16F2N2O2/c1-7-2-3-8(14)11(12(7)15)13(19)17-9-4-5-16-6-10(9)18/h2-3,9-10,16,18H,4-6H2,1H3,(H,17,19)/t9-,10-/m1/s1. The quantitative estimate of drug-likeness (QED) is 0.742. The van der Waals surface area contributed by atoms with Crippen molar-refractivity contribution < 1.29 is 18.7 Å². The second-order valence-corrected chi connectivity index (χ2v) is 4.69. The Hall–Kier alpha value is -1.53. The van der Waals surface area contributed by atoms with E-state index in [1.807, 2.05) is 0 Å². The Balaban J connectivity index is 2.18. The first-order chi connectivity index (χ1) is 9.00. The molecule has 1 saturated heterocycles. The smallest absolute Gasteiger partial charge is 0.257 e. The number of amides is 1. The molecule has 0 bridgehead atoms. The Morgan fingerprint density at radius 3 is 2.89 bits per heavy atom. The zero-order chi connectivity index (χ0) is 14.0. The summed E-state index contributed by atoms with van der Waals surface area (Å²) >= 11 is 0. The molecular formula is C13H16F2N2O2. The number of aliphatic hydroxyl groups is 1. The van der Waals surface area contributed by atoms with Crippen LogP contribution in [0.5, 0.6) is 0 Å². The highest BCUT2D eigenvalue weighted by molar-refractivity contribution is 5.95. The van der Waals surface area contributed by atoms with Gasteiger partial charge in [-0.3, -0.25) is 4.79 Å². The molecule has 1 aromatic carbocycles. The van der Waals surface area contributed by atoms with Gasteiger partial charge in [0, 0.05) is 6.54 Å². The number of rotatable bonds is 2. The van der Waals surface area contributed by atoms with Crippen molar-refractivity contribution in [1.29, 1.82) is 0 Å². The molecule has 1 aliphatic rings. The van der Waals surface area contributed by atoms with Crippen molar-refractivity contribution in [1.82, 2.24) is 10.6 Å². The molecule has 2 atom stereocenters. The molecule has 104 valence electrons. The van der Waals surface area contributed by atoms with Gasteiger partial charge in [0.2, 0.25) is 0 Å². The second-order valence-electron chi connectivity index (χ2n) is 4.69. The largest absolute Gasteiger partial charge is 0.390 e. The summed E-state index contributed by atoms with van der Waals surface area (Å²) in [4.78, 5) is 11.9. The lowest BCUT2D eigenvalue weighted by Gasteiger charge is -2.29. The zero-order valence-electron chi connectivity index (χ0n) is 10.5. The molecule has 2 rings (SSSR count). The van der Waals surface area contributed by atoms with E-state index >= 15 is 0 Å². The van der Waals surface area contributed by atoms with Gasteiger partial charge in [-0.05, 0) is 31.5 Å². The normalized spacial score (nSPS) is 23.2. The lowest BCUT2D eigenvalue weighted by molar-refractivity contribution is 0.0758. The number of hydrogen-bond acceptors (Lipinski definition) is 3. The number of carbonyl (C=O) groups excluding carboxylic acids is 1. The Morgan fingerprint density at radius 1 is 1.47 bits per heavy atom. The summed E-state index contributed by atoms with van der Waals surface area (Å²) in [7, 11) is 0. The van der Waals surface area contributed by atoms with E-state index in [2.05, 4.69) is 10.6 Å². The van der Waals surface area contributed by atoms with Crippen molar-refractivity contribution in [3.63, 3.8) is 0 Å². The van der Waals surface area contributed by atoms with E-state index in [0.29, 0.717) is 19.5 Å². The van der Waals surface area contributed by atoms with Gasteiger partial charge in [-0.15, -0.1) is 0 Å². The van der Waals surface area contributed by atoms with Crippen molar-refractivity contribution >= 4 is 5.91 Å². The summed E-state index contributed by atoms with van der Waals surface area (Å²) in [5, 5.41) is 15.1. The van der Waals surface area contributed by atoms with Crippen molar-refractivity contribution in [3.8, 4) is 0 Å². The van der Waals surface area contributed by atoms with Gasteiger partial charge in [-0.25, -0.2) is 8.78 Å². The van der Waals surface area contributed by atoms with Crippen LogP contribution < -0.4 is 10.6 Å². The highest BCUT2D eigenvalue weighted by atomic mass is 19.1. The number of hydrogen-bond donors (Lipinski definition) is 3. The minimum Gasteiger partial charge on any atom is -0.390 e. The number of aryl methyl sites for hydroxylation is 1. The van der Waals surface area contributed by atoms with E-state index in [4.69, 9.17) is 0 Å². The Morgan fingerprint density at radius 2 is 2.21 bits per heavy atom. The number of β-amino-alcohol motifs (C(OH)–C–C–N with tert-alkyl or cyclic N) is 1. The van der Waals surface area contributed by atoms with E-state index in [9.17, 15) is 18.7 Å². The molecule has 4 nitrogen and oxygen atoms in total. The monoisotopic (exact) mass is 270 g/mol. The molecule has 6 heteroatoms. The van der Waals surface area contributed by atoms with Crippen LogP contribution in [0.15, 0.2) is 12.1 Å². The molecule has 1 aliphatic heterocycles. The van der Waals surface area contributed by atoms with Crippen LogP contribution in [-0.4, -0.2) is 36.2 Å². The van der Waals surface area contributed by atoms with E-state index in [0.717, 1.165) is 6.07 Å². The molecule has 1 amide bonds. The summed E-state index contributed by atoms with van der Waals surface area (Å²) in [5.74, 6) is -2.59. The molecule has 0 spiro atoms. The Kier molecular flexibility index (Phi) is 4.11. The van der Waals surface area contributed by atoms with E-state index in [1.165, 1.54) is 13.0 Å². The molecule has 0 saturated carbocycles. The van der Waals surface area contributed by atoms with Gasteiger partial charge in [0.25, 0.3) is 5.91 Å². The summed E-state index contributed by atoms with van der Waals surface area (Å²) in [6.07, 6.45) is -0.240. The van der Waals surface area contributed by atoms with Crippen molar-refractivity contribution in [2.24, 2.45) is 0 Å². The lowest BCUT2D eigenvalue weighted by Crippen LogP contribution is -2.52. The van der Waals surface area contributed by atoms with Crippen LogP contribution in [0.4, 0.5) is 8.78 Å². The fourth-order valence-electron chi connectivity index (χ4n) is 2.12. The number of carbonyl (C=O) groups is 1. The van der Waals surface area contributed by atoms with Crippen LogP contribution in [0.2, 0.25) is 0 Å². The van der Waals surface area contributed by atoms with Gasteiger partial charge in [0.15, 0.2) is 0 Å². The Bertz CT molecular complexity index is 494. The molecule has 0 aliphatic carbocycles. The SMILES string of the molecule is Cc1ccc(F)c(C(=O)N[C@@H]2CCNC[C@H]2O)c1F. The fourth-order valence-corrected chi connectivity index (χ4v) is 2.12. The molecule has 0 radical (unpaired) electrons. The molecule has 0 aromatic heterocycles. The van der Waals surface area contributed by atoms with Crippen LogP contribution in [0.3, 0.4) is 0 Å². The molecule has 19 heavy (non-hydrogen) atoms. The number of benzene rings is 1. The first kappa shape index (κ1) is 13.9. The van der Waals surface area contributed by atoms with Crippen LogP contribution in [0.1, 0.15) is 22.3 Å². The summed E-state index contributed by atoms with van der Waals surface area (Å²) in [5.41, 5.74) is -0.386. The molecule has 1 heterocycles. The zero-order valence-corrected chi connectivity index (χ0v) is 10.5. The van der Waals surface area contributed by atoms with Crippen LogP contribution in [0.25, 0.3) is 0 Å². The molecular weight excluding hydrogens is 254 g/mol. The predicted molar refractivity (Wildman–Crippen MR) is 65.8 cm³/mol. The van der Waals surface area contributed by atoms with Gasteiger partial charge in [-0.1, -0.05) is 6.07 Å².